The maximum atomic E-state index is 12.0. The number of carbonyl (C=O) groups is 1. The zero-order chi connectivity index (χ0) is 18.2. The summed E-state index contributed by atoms with van der Waals surface area (Å²) in [5.41, 5.74) is 3.68. The van der Waals surface area contributed by atoms with Crippen LogP contribution in [0.3, 0.4) is 0 Å². The van der Waals surface area contributed by atoms with Gasteiger partial charge in [-0.25, -0.2) is 4.79 Å². The lowest BCUT2D eigenvalue weighted by Gasteiger charge is -2.29. The number of hydrogen-bond acceptors (Lipinski definition) is 4. The van der Waals surface area contributed by atoms with Crippen LogP contribution in [0.15, 0.2) is 18.2 Å². The lowest BCUT2D eigenvalue weighted by Crippen LogP contribution is -2.22. The maximum Gasteiger partial charge on any atom is 0.337 e. The Hall–Kier alpha value is -1.85. The number of hydrogen-bond donors (Lipinski definition) is 2. The van der Waals surface area contributed by atoms with Crippen molar-refractivity contribution in [2.24, 2.45) is 5.41 Å². The number of thiophene rings is 1. The normalized spacial score (nSPS) is 15.7. The van der Waals surface area contributed by atoms with Crippen LogP contribution < -0.4 is 10.1 Å². The fourth-order valence-electron chi connectivity index (χ4n) is 3.60. The Morgan fingerprint density at radius 1 is 1.40 bits per heavy atom. The van der Waals surface area contributed by atoms with E-state index in [0.717, 1.165) is 46.6 Å². The van der Waals surface area contributed by atoms with Crippen LogP contribution in [-0.2, 0) is 19.4 Å². The molecule has 0 spiro atoms. The van der Waals surface area contributed by atoms with Gasteiger partial charge in [0.25, 0.3) is 0 Å². The van der Waals surface area contributed by atoms with E-state index in [4.69, 9.17) is 4.74 Å². The van der Waals surface area contributed by atoms with Crippen LogP contribution in [-0.4, -0.2) is 25.2 Å². The minimum absolute atomic E-state index is 0.159. The highest BCUT2D eigenvalue weighted by molar-refractivity contribution is 7.16. The standard InChI is InChI=1S/C20H25NO3S/c1-20(2)8-7-16-14(10-20)17(19(22)23)18(25-16)12-5-6-15(24-4)13(9-12)11-21-3/h5-6,9,21H,7-8,10-11H2,1-4H3,(H,22,23). The van der Waals surface area contributed by atoms with Crippen molar-refractivity contribution in [3.63, 3.8) is 0 Å². The smallest absolute Gasteiger partial charge is 0.337 e. The summed E-state index contributed by atoms with van der Waals surface area (Å²) in [6.45, 7) is 5.12. The first-order chi connectivity index (χ1) is 11.9. The highest BCUT2D eigenvalue weighted by Gasteiger charge is 2.33. The van der Waals surface area contributed by atoms with Gasteiger partial charge in [-0.1, -0.05) is 13.8 Å². The number of methoxy groups -OCH3 is 1. The van der Waals surface area contributed by atoms with E-state index >= 15 is 0 Å². The van der Waals surface area contributed by atoms with Gasteiger partial charge in [0.1, 0.15) is 5.75 Å². The molecule has 0 fully saturated rings. The zero-order valence-corrected chi connectivity index (χ0v) is 16.0. The Labute approximate surface area is 152 Å². The molecule has 1 aromatic carbocycles. The van der Waals surface area contributed by atoms with E-state index in [-0.39, 0.29) is 5.41 Å². The molecule has 2 aromatic rings. The van der Waals surface area contributed by atoms with Crippen LogP contribution in [0.2, 0.25) is 0 Å². The van der Waals surface area contributed by atoms with Gasteiger partial charge in [0.2, 0.25) is 0 Å². The summed E-state index contributed by atoms with van der Waals surface area (Å²) >= 11 is 1.64. The van der Waals surface area contributed by atoms with Gasteiger partial charge in [0.05, 0.1) is 12.7 Å². The lowest BCUT2D eigenvalue weighted by molar-refractivity contribution is 0.0696. The van der Waals surface area contributed by atoms with Gasteiger partial charge in [0, 0.05) is 21.9 Å². The number of carboxylic acids is 1. The lowest BCUT2D eigenvalue weighted by atomic mass is 9.76. The van der Waals surface area contributed by atoms with Gasteiger partial charge in [-0.15, -0.1) is 11.3 Å². The van der Waals surface area contributed by atoms with E-state index in [0.29, 0.717) is 12.1 Å². The van der Waals surface area contributed by atoms with E-state index in [2.05, 4.69) is 19.2 Å². The molecular formula is C20H25NO3S. The monoisotopic (exact) mass is 359 g/mol. The molecule has 1 aliphatic rings. The van der Waals surface area contributed by atoms with Crippen molar-refractivity contribution >= 4 is 17.3 Å². The van der Waals surface area contributed by atoms with Crippen LogP contribution in [0.1, 0.15) is 46.6 Å². The Balaban J connectivity index is 2.13. The van der Waals surface area contributed by atoms with Gasteiger partial charge >= 0.3 is 5.97 Å². The van der Waals surface area contributed by atoms with Crippen LogP contribution >= 0.6 is 11.3 Å². The molecule has 0 atom stereocenters. The maximum absolute atomic E-state index is 12.0. The third-order valence-electron chi connectivity index (χ3n) is 4.90. The fourth-order valence-corrected chi connectivity index (χ4v) is 4.90. The highest BCUT2D eigenvalue weighted by Crippen LogP contribution is 2.45. The van der Waals surface area contributed by atoms with Gasteiger partial charge in [-0.3, -0.25) is 0 Å². The highest BCUT2D eigenvalue weighted by atomic mass is 32.1. The Morgan fingerprint density at radius 2 is 2.16 bits per heavy atom. The van der Waals surface area contributed by atoms with Gasteiger partial charge in [-0.2, -0.15) is 0 Å². The zero-order valence-electron chi connectivity index (χ0n) is 15.2. The summed E-state index contributed by atoms with van der Waals surface area (Å²) in [7, 11) is 3.55. The predicted octanol–water partition coefficient (Wildman–Crippen LogP) is 4.36. The average Bonchev–Trinajstić information content (AvgIpc) is 2.92. The Bertz CT molecular complexity index is 808. The summed E-state index contributed by atoms with van der Waals surface area (Å²) in [6.07, 6.45) is 2.90. The van der Waals surface area contributed by atoms with Crippen molar-refractivity contribution in [2.75, 3.05) is 14.2 Å². The minimum Gasteiger partial charge on any atom is -0.496 e. The molecule has 0 saturated heterocycles. The molecule has 0 bridgehead atoms. The number of aromatic carboxylic acids is 1. The SMILES string of the molecule is CNCc1cc(-c2sc3c(c2C(=O)O)CC(C)(C)CC3)ccc1OC. The fraction of sp³-hybridized carbons (Fsp3) is 0.450. The number of nitrogens with one attached hydrogen (secondary N) is 1. The molecule has 1 aliphatic carbocycles. The van der Waals surface area contributed by atoms with Crippen LogP contribution in [0.4, 0.5) is 0 Å². The summed E-state index contributed by atoms with van der Waals surface area (Å²) in [5.74, 6) is -0.00591. The number of aryl methyl sites for hydroxylation is 1. The average molecular weight is 359 g/mol. The largest absolute Gasteiger partial charge is 0.496 e. The number of rotatable bonds is 5. The van der Waals surface area contributed by atoms with Crippen LogP contribution in [0, 0.1) is 5.41 Å². The first kappa shape index (κ1) is 18.0. The van der Waals surface area contributed by atoms with E-state index in [1.165, 1.54) is 4.88 Å². The molecule has 25 heavy (non-hydrogen) atoms. The van der Waals surface area contributed by atoms with Gasteiger partial charge in [-0.05, 0) is 61.1 Å². The summed E-state index contributed by atoms with van der Waals surface area (Å²) in [4.78, 5) is 14.1. The molecule has 1 aromatic heterocycles. The topological polar surface area (TPSA) is 58.6 Å². The van der Waals surface area contributed by atoms with E-state index in [1.807, 2.05) is 25.2 Å². The number of benzene rings is 1. The van der Waals surface area contributed by atoms with Crippen molar-refractivity contribution in [1.29, 1.82) is 0 Å². The quantitative estimate of drug-likeness (QED) is 0.833. The van der Waals surface area contributed by atoms with Gasteiger partial charge in [0.15, 0.2) is 0 Å². The number of ether oxygens (including phenoxy) is 1. The molecule has 4 nitrogen and oxygen atoms in total. The second-order valence-electron chi connectivity index (χ2n) is 7.41. The molecular weight excluding hydrogens is 334 g/mol. The number of carboxylic acid groups (broad SMARTS) is 1. The second-order valence-corrected chi connectivity index (χ2v) is 8.52. The Kier molecular flexibility index (Phi) is 4.89. The van der Waals surface area contributed by atoms with E-state index in [1.54, 1.807) is 18.4 Å². The van der Waals surface area contributed by atoms with Crippen LogP contribution in [0.5, 0.6) is 5.75 Å². The van der Waals surface area contributed by atoms with Crippen LogP contribution in [0.25, 0.3) is 10.4 Å². The first-order valence-corrected chi connectivity index (χ1v) is 9.37. The van der Waals surface area contributed by atoms with Crippen molar-refractivity contribution in [3.05, 3.63) is 39.8 Å². The third kappa shape index (κ3) is 3.44. The molecule has 5 heteroatoms. The first-order valence-electron chi connectivity index (χ1n) is 8.56. The number of fused-ring (bicyclic) bond motifs is 1. The van der Waals surface area contributed by atoms with Crippen molar-refractivity contribution in [2.45, 2.75) is 39.7 Å². The Morgan fingerprint density at radius 3 is 2.80 bits per heavy atom. The van der Waals surface area contributed by atoms with Crippen molar-refractivity contribution in [1.82, 2.24) is 5.32 Å². The molecule has 1 heterocycles. The molecule has 0 amide bonds. The van der Waals surface area contributed by atoms with Crippen molar-refractivity contribution in [3.8, 4) is 16.2 Å². The molecule has 0 radical (unpaired) electrons. The van der Waals surface area contributed by atoms with Crippen molar-refractivity contribution < 1.29 is 14.6 Å². The molecule has 134 valence electrons. The van der Waals surface area contributed by atoms with E-state index < -0.39 is 5.97 Å². The van der Waals surface area contributed by atoms with E-state index in [9.17, 15) is 9.90 Å². The molecule has 2 N–H and O–H groups in total. The molecule has 3 rings (SSSR count). The summed E-state index contributed by atoms with van der Waals surface area (Å²) < 4.78 is 5.42. The molecule has 0 unspecified atom stereocenters. The molecule has 0 aliphatic heterocycles. The minimum atomic E-state index is -0.823. The third-order valence-corrected chi connectivity index (χ3v) is 6.24. The van der Waals surface area contributed by atoms with Gasteiger partial charge < -0.3 is 15.2 Å². The predicted molar refractivity (Wildman–Crippen MR) is 102 cm³/mol. The summed E-state index contributed by atoms with van der Waals surface area (Å²) in [6, 6.07) is 5.94. The molecule has 0 saturated carbocycles. The second kappa shape index (κ2) is 6.81. The summed E-state index contributed by atoms with van der Waals surface area (Å²) in [5, 5.41) is 13.0.